The molecule has 0 aliphatic carbocycles. The molecule has 0 aliphatic heterocycles. The van der Waals surface area contributed by atoms with Crippen molar-refractivity contribution in [3.8, 4) is 0 Å². The first-order valence-corrected chi connectivity index (χ1v) is 3.54. The summed E-state index contributed by atoms with van der Waals surface area (Å²) >= 11 is 0. The molecule has 0 bridgehead atoms. The van der Waals surface area contributed by atoms with Crippen molar-refractivity contribution < 1.29 is 0 Å². The SMILES string of the molecule is CC=C(C)C.CN=C(C)C. The largest absolute Gasteiger partial charge is 0.298 e. The molecule has 1 nitrogen and oxygen atoms in total. The van der Waals surface area contributed by atoms with Crippen LogP contribution in [0.3, 0.4) is 0 Å². The summed E-state index contributed by atoms with van der Waals surface area (Å²) in [6.07, 6.45) is 2.08. The number of hydrogen-bond acceptors (Lipinski definition) is 1. The molecule has 0 aliphatic rings. The van der Waals surface area contributed by atoms with Crippen molar-refractivity contribution in [1.82, 2.24) is 0 Å². The fourth-order valence-electron chi connectivity index (χ4n) is 0. The summed E-state index contributed by atoms with van der Waals surface area (Å²) in [4.78, 5) is 3.81. The van der Waals surface area contributed by atoms with Crippen molar-refractivity contribution in [2.24, 2.45) is 4.99 Å². The zero-order valence-electron chi connectivity index (χ0n) is 8.02. The summed E-state index contributed by atoms with van der Waals surface area (Å²) < 4.78 is 0. The van der Waals surface area contributed by atoms with E-state index < -0.39 is 0 Å². The molecule has 0 fully saturated rings. The molecule has 0 saturated carbocycles. The standard InChI is InChI=1S/C5H10.C4H9N/c1-4-5(2)3;1-4(2)5-3/h4H,1-3H3;1-3H3. The molecule has 0 rings (SSSR count). The maximum atomic E-state index is 3.81. The Bertz CT molecular complexity index is 96.7. The maximum absolute atomic E-state index is 3.81. The van der Waals surface area contributed by atoms with E-state index in [2.05, 4.69) is 24.9 Å². The Morgan fingerprint density at radius 3 is 1.30 bits per heavy atom. The Labute approximate surface area is 64.9 Å². The third-order valence-electron chi connectivity index (χ3n) is 1.02. The normalized spacial score (nSPS) is 7.00. The molecule has 0 heterocycles. The van der Waals surface area contributed by atoms with Gasteiger partial charge in [-0.05, 0) is 34.6 Å². The number of rotatable bonds is 0. The first-order chi connectivity index (χ1) is 4.54. The lowest BCUT2D eigenvalue weighted by Crippen LogP contribution is -1.74. The first-order valence-electron chi connectivity index (χ1n) is 3.54. The summed E-state index contributed by atoms with van der Waals surface area (Å²) in [5.41, 5.74) is 2.51. The van der Waals surface area contributed by atoms with Gasteiger partial charge in [-0.2, -0.15) is 0 Å². The van der Waals surface area contributed by atoms with Crippen LogP contribution in [0.1, 0.15) is 34.6 Å². The summed E-state index contributed by atoms with van der Waals surface area (Å²) in [6, 6.07) is 0. The molecule has 10 heavy (non-hydrogen) atoms. The van der Waals surface area contributed by atoms with Gasteiger partial charge in [-0.3, -0.25) is 4.99 Å². The molecule has 0 amide bonds. The molecule has 1 heteroatoms. The van der Waals surface area contributed by atoms with E-state index in [0.29, 0.717) is 0 Å². The van der Waals surface area contributed by atoms with Gasteiger partial charge < -0.3 is 0 Å². The minimum atomic E-state index is 1.13. The molecule has 0 atom stereocenters. The van der Waals surface area contributed by atoms with Crippen LogP contribution in [0.15, 0.2) is 16.6 Å². The molecule has 0 aromatic heterocycles. The molecule has 0 saturated heterocycles. The van der Waals surface area contributed by atoms with Crippen LogP contribution in [-0.2, 0) is 0 Å². The Morgan fingerprint density at radius 2 is 1.30 bits per heavy atom. The molecule has 0 unspecified atom stereocenters. The van der Waals surface area contributed by atoms with E-state index in [1.54, 1.807) is 7.05 Å². The highest BCUT2D eigenvalue weighted by Gasteiger charge is 1.62. The molecule has 60 valence electrons. The van der Waals surface area contributed by atoms with Crippen molar-refractivity contribution in [3.63, 3.8) is 0 Å². The van der Waals surface area contributed by atoms with Crippen molar-refractivity contribution in [2.75, 3.05) is 7.05 Å². The first kappa shape index (κ1) is 12.1. The van der Waals surface area contributed by atoms with Gasteiger partial charge in [0, 0.05) is 12.8 Å². The minimum absolute atomic E-state index is 1.13. The van der Waals surface area contributed by atoms with E-state index >= 15 is 0 Å². The number of allylic oxidation sites excluding steroid dienone is 2. The zero-order chi connectivity index (χ0) is 8.57. The van der Waals surface area contributed by atoms with Crippen LogP contribution in [0.4, 0.5) is 0 Å². The summed E-state index contributed by atoms with van der Waals surface area (Å²) in [5.74, 6) is 0. The van der Waals surface area contributed by atoms with Crippen LogP contribution in [0.25, 0.3) is 0 Å². The molecular formula is C9H19N. The number of hydrogen-bond donors (Lipinski definition) is 0. The van der Waals surface area contributed by atoms with Gasteiger partial charge in [-0.1, -0.05) is 11.6 Å². The summed E-state index contributed by atoms with van der Waals surface area (Å²) in [5, 5.41) is 0. The van der Waals surface area contributed by atoms with Crippen LogP contribution < -0.4 is 0 Å². The monoisotopic (exact) mass is 141 g/mol. The Hall–Kier alpha value is -0.590. The Balaban J connectivity index is 0. The van der Waals surface area contributed by atoms with E-state index in [9.17, 15) is 0 Å². The van der Waals surface area contributed by atoms with Gasteiger partial charge >= 0.3 is 0 Å². The van der Waals surface area contributed by atoms with Gasteiger partial charge in [0.15, 0.2) is 0 Å². The smallest absolute Gasteiger partial charge is 0.0276 e. The highest BCUT2D eigenvalue weighted by atomic mass is 14.7. The van der Waals surface area contributed by atoms with Crippen LogP contribution in [0, 0.1) is 0 Å². The van der Waals surface area contributed by atoms with Gasteiger partial charge in [0.05, 0.1) is 0 Å². The van der Waals surface area contributed by atoms with Crippen LogP contribution in [0.5, 0.6) is 0 Å². The maximum Gasteiger partial charge on any atom is 0.0276 e. The van der Waals surface area contributed by atoms with Gasteiger partial charge in [-0.25, -0.2) is 0 Å². The van der Waals surface area contributed by atoms with E-state index in [4.69, 9.17) is 0 Å². The van der Waals surface area contributed by atoms with Crippen LogP contribution in [0.2, 0.25) is 0 Å². The van der Waals surface area contributed by atoms with Gasteiger partial charge in [0.1, 0.15) is 0 Å². The van der Waals surface area contributed by atoms with Crippen LogP contribution in [-0.4, -0.2) is 12.8 Å². The van der Waals surface area contributed by atoms with Crippen molar-refractivity contribution >= 4 is 5.71 Å². The molecular weight excluding hydrogens is 122 g/mol. The fraction of sp³-hybridized carbons (Fsp3) is 0.667. The lowest BCUT2D eigenvalue weighted by atomic mass is 10.3. The van der Waals surface area contributed by atoms with Crippen molar-refractivity contribution in [3.05, 3.63) is 11.6 Å². The third-order valence-corrected chi connectivity index (χ3v) is 1.02. The quantitative estimate of drug-likeness (QED) is 0.363. The van der Waals surface area contributed by atoms with Gasteiger partial charge in [0.2, 0.25) is 0 Å². The number of nitrogens with zero attached hydrogens (tertiary/aromatic N) is 1. The van der Waals surface area contributed by atoms with Gasteiger partial charge in [-0.15, -0.1) is 0 Å². The molecule has 0 N–H and O–H groups in total. The van der Waals surface area contributed by atoms with E-state index in [0.717, 1.165) is 5.71 Å². The van der Waals surface area contributed by atoms with E-state index in [1.807, 2.05) is 20.8 Å². The predicted molar refractivity (Wildman–Crippen MR) is 49.8 cm³/mol. The van der Waals surface area contributed by atoms with Crippen LogP contribution >= 0.6 is 0 Å². The molecule has 0 aromatic rings. The zero-order valence-corrected chi connectivity index (χ0v) is 8.02. The second-order valence-electron chi connectivity index (χ2n) is 2.54. The number of aliphatic imine (C=N–C) groups is 1. The summed E-state index contributed by atoms with van der Waals surface area (Å²) in [7, 11) is 1.79. The molecule has 0 aromatic carbocycles. The average molecular weight is 141 g/mol. The Morgan fingerprint density at radius 1 is 1.10 bits per heavy atom. The Kier molecular flexibility index (Phi) is 10.2. The minimum Gasteiger partial charge on any atom is -0.298 e. The topological polar surface area (TPSA) is 12.4 Å². The third kappa shape index (κ3) is 26.2. The molecule has 0 spiro atoms. The average Bonchev–Trinajstić information content (AvgIpc) is 1.89. The van der Waals surface area contributed by atoms with E-state index in [1.165, 1.54) is 5.57 Å². The highest BCUT2D eigenvalue weighted by molar-refractivity contribution is 5.78. The second kappa shape index (κ2) is 8.41. The molecule has 0 radical (unpaired) electrons. The predicted octanol–water partition coefficient (Wildman–Crippen LogP) is 3.07. The fourth-order valence-corrected chi connectivity index (χ4v) is 0. The lowest BCUT2D eigenvalue weighted by Gasteiger charge is -1.74. The lowest BCUT2D eigenvalue weighted by molar-refractivity contribution is 1.36. The van der Waals surface area contributed by atoms with Crippen molar-refractivity contribution in [2.45, 2.75) is 34.6 Å². The van der Waals surface area contributed by atoms with Gasteiger partial charge in [0.25, 0.3) is 0 Å². The van der Waals surface area contributed by atoms with E-state index in [-0.39, 0.29) is 0 Å². The second-order valence-corrected chi connectivity index (χ2v) is 2.54. The summed E-state index contributed by atoms with van der Waals surface area (Å²) in [6.45, 7) is 10.1. The van der Waals surface area contributed by atoms with Crippen molar-refractivity contribution in [1.29, 1.82) is 0 Å². The highest BCUT2D eigenvalue weighted by Crippen LogP contribution is 1.82.